The number of benzene rings is 1. The lowest BCUT2D eigenvalue weighted by atomic mass is 10.1. The van der Waals surface area contributed by atoms with E-state index in [1.807, 2.05) is 6.92 Å². The maximum atomic E-state index is 13.5. The van der Waals surface area contributed by atoms with E-state index in [4.69, 9.17) is 11.5 Å². The highest BCUT2D eigenvalue weighted by molar-refractivity contribution is 5.94. The van der Waals surface area contributed by atoms with Crippen LogP contribution >= 0.6 is 0 Å². The molecule has 3 nitrogen and oxygen atoms in total. The van der Waals surface area contributed by atoms with E-state index in [9.17, 15) is 9.18 Å². The van der Waals surface area contributed by atoms with Crippen molar-refractivity contribution in [3.63, 3.8) is 0 Å². The fourth-order valence-electron chi connectivity index (χ4n) is 1.48. The highest BCUT2D eigenvalue weighted by atomic mass is 19.1. The van der Waals surface area contributed by atoms with Gasteiger partial charge >= 0.3 is 0 Å². The largest absolute Gasteiger partial charge is 0.508 e. The van der Waals surface area contributed by atoms with E-state index in [1.54, 1.807) is 0 Å². The molecule has 0 aliphatic heterocycles. The molecule has 0 heterocycles. The quantitative estimate of drug-likeness (QED) is 0.811. The van der Waals surface area contributed by atoms with E-state index in [1.165, 1.54) is 17.0 Å². The Kier molecular flexibility index (Phi) is 4.53. The zero-order valence-corrected chi connectivity index (χ0v) is 9.61. The van der Waals surface area contributed by atoms with Crippen molar-refractivity contribution in [2.75, 3.05) is 13.1 Å². The van der Waals surface area contributed by atoms with Crippen LogP contribution in [0, 0.1) is 18.2 Å². The summed E-state index contributed by atoms with van der Waals surface area (Å²) in [6, 6.07) is 3.44. The van der Waals surface area contributed by atoms with Crippen LogP contribution in [0.1, 0.15) is 23.7 Å². The van der Waals surface area contributed by atoms with Crippen LogP contribution < -0.4 is 0 Å². The van der Waals surface area contributed by atoms with Crippen LogP contribution in [0.2, 0.25) is 0 Å². The third-order valence-electron chi connectivity index (χ3n) is 2.25. The lowest BCUT2D eigenvalue weighted by molar-refractivity contribution is 0.0772. The van der Waals surface area contributed by atoms with Gasteiger partial charge in [0, 0.05) is 12.6 Å². The summed E-state index contributed by atoms with van der Waals surface area (Å²) in [5.74, 6) is 0.959. The van der Waals surface area contributed by atoms with E-state index in [0.29, 0.717) is 6.54 Å². The molecule has 0 unspecified atom stereocenters. The van der Waals surface area contributed by atoms with Crippen molar-refractivity contribution < 1.29 is 14.3 Å². The van der Waals surface area contributed by atoms with Crippen molar-refractivity contribution in [3.05, 3.63) is 29.6 Å². The first-order valence-corrected chi connectivity index (χ1v) is 5.31. The number of halogens is 1. The van der Waals surface area contributed by atoms with E-state index < -0.39 is 11.7 Å². The molecular weight excluding hydrogens is 221 g/mol. The summed E-state index contributed by atoms with van der Waals surface area (Å²) >= 11 is 0. The Morgan fingerprint density at radius 3 is 2.82 bits per heavy atom. The Morgan fingerprint density at radius 1 is 1.59 bits per heavy atom. The molecule has 4 heteroatoms. The number of carbonyl (C=O) groups is 1. The predicted octanol–water partition coefficient (Wildman–Crippen LogP) is 2.02. The third kappa shape index (κ3) is 3.22. The minimum atomic E-state index is -0.742. The van der Waals surface area contributed by atoms with Gasteiger partial charge in [0.05, 0.1) is 12.1 Å². The smallest absolute Gasteiger partial charge is 0.257 e. The first kappa shape index (κ1) is 13.0. The normalized spacial score (nSPS) is 9.71. The maximum Gasteiger partial charge on any atom is 0.257 e. The lowest BCUT2D eigenvalue weighted by Gasteiger charge is -2.19. The molecule has 0 radical (unpaired) electrons. The number of amides is 1. The van der Waals surface area contributed by atoms with Gasteiger partial charge < -0.3 is 10.0 Å². The lowest BCUT2D eigenvalue weighted by Crippen LogP contribution is -2.32. The average molecular weight is 235 g/mol. The first-order chi connectivity index (χ1) is 8.10. The van der Waals surface area contributed by atoms with Crippen LogP contribution in [0.5, 0.6) is 5.75 Å². The molecule has 1 amide bonds. The van der Waals surface area contributed by atoms with Gasteiger partial charge in [0.25, 0.3) is 5.91 Å². The van der Waals surface area contributed by atoms with Crippen molar-refractivity contribution >= 4 is 5.91 Å². The molecule has 1 rings (SSSR count). The molecule has 0 aromatic heterocycles. The molecule has 0 aliphatic carbocycles. The first-order valence-electron chi connectivity index (χ1n) is 5.31. The molecule has 0 saturated carbocycles. The van der Waals surface area contributed by atoms with Crippen LogP contribution in [0.15, 0.2) is 18.2 Å². The van der Waals surface area contributed by atoms with Gasteiger partial charge in [-0.3, -0.25) is 4.79 Å². The van der Waals surface area contributed by atoms with Gasteiger partial charge in [-0.2, -0.15) is 0 Å². The van der Waals surface area contributed by atoms with Gasteiger partial charge in [-0.05, 0) is 18.6 Å². The number of terminal acetylenes is 1. The molecule has 1 aromatic carbocycles. The summed E-state index contributed by atoms with van der Waals surface area (Å²) in [6.45, 7) is 2.53. The van der Waals surface area contributed by atoms with Crippen molar-refractivity contribution in [3.8, 4) is 18.1 Å². The van der Waals surface area contributed by atoms with E-state index >= 15 is 0 Å². The molecule has 1 aromatic rings. The number of nitrogens with zero attached hydrogens (tertiary/aromatic N) is 1. The van der Waals surface area contributed by atoms with Crippen molar-refractivity contribution in [1.82, 2.24) is 4.90 Å². The molecule has 0 spiro atoms. The van der Waals surface area contributed by atoms with Crippen LogP contribution in [0.4, 0.5) is 4.39 Å². The summed E-state index contributed by atoms with van der Waals surface area (Å²) in [7, 11) is 0. The number of phenolic OH excluding ortho intramolecular Hbond substituents is 1. The molecule has 0 atom stereocenters. The van der Waals surface area contributed by atoms with Gasteiger partial charge in [-0.25, -0.2) is 4.39 Å². The highest BCUT2D eigenvalue weighted by Gasteiger charge is 2.18. The van der Waals surface area contributed by atoms with Crippen molar-refractivity contribution in [2.24, 2.45) is 0 Å². The van der Waals surface area contributed by atoms with Gasteiger partial charge in [0.1, 0.15) is 11.6 Å². The molecule has 1 N–H and O–H groups in total. The van der Waals surface area contributed by atoms with Crippen LogP contribution in [-0.4, -0.2) is 29.0 Å². The Labute approximate surface area is 99.9 Å². The SMILES string of the molecule is C#CCN(CCC)C(=O)c1ccc(O)cc1F. The second kappa shape index (κ2) is 5.90. The Morgan fingerprint density at radius 2 is 2.29 bits per heavy atom. The fourth-order valence-corrected chi connectivity index (χ4v) is 1.48. The van der Waals surface area contributed by atoms with Crippen molar-refractivity contribution in [1.29, 1.82) is 0 Å². The van der Waals surface area contributed by atoms with Crippen LogP contribution in [-0.2, 0) is 0 Å². The fraction of sp³-hybridized carbons (Fsp3) is 0.308. The minimum Gasteiger partial charge on any atom is -0.508 e. The minimum absolute atomic E-state index is 0.0773. The zero-order valence-electron chi connectivity index (χ0n) is 9.61. The highest BCUT2D eigenvalue weighted by Crippen LogP contribution is 2.16. The Bertz CT molecular complexity index is 451. The molecule has 0 aliphatic rings. The van der Waals surface area contributed by atoms with Crippen molar-refractivity contribution in [2.45, 2.75) is 13.3 Å². The number of phenols is 1. The summed E-state index contributed by atoms with van der Waals surface area (Å²) < 4.78 is 13.5. The standard InChI is InChI=1S/C13H14FNO2/c1-3-7-15(8-4-2)13(17)11-6-5-10(16)9-12(11)14/h1,5-6,9,16H,4,7-8H2,2H3. The van der Waals surface area contributed by atoms with E-state index in [2.05, 4.69) is 5.92 Å². The predicted molar refractivity (Wildman–Crippen MR) is 63.1 cm³/mol. The summed E-state index contributed by atoms with van der Waals surface area (Å²) in [5, 5.41) is 9.07. The maximum absolute atomic E-state index is 13.5. The Balaban J connectivity index is 2.97. The molecular formula is C13H14FNO2. The molecule has 0 saturated heterocycles. The van der Waals surface area contributed by atoms with E-state index in [-0.39, 0.29) is 17.9 Å². The van der Waals surface area contributed by atoms with Gasteiger partial charge in [0.15, 0.2) is 0 Å². The number of carbonyl (C=O) groups excluding carboxylic acids is 1. The zero-order chi connectivity index (χ0) is 12.8. The van der Waals surface area contributed by atoms with Gasteiger partial charge in [0.2, 0.25) is 0 Å². The number of hydrogen-bond donors (Lipinski definition) is 1. The average Bonchev–Trinajstić information content (AvgIpc) is 2.28. The second-order valence-electron chi connectivity index (χ2n) is 3.59. The molecule has 0 bridgehead atoms. The topological polar surface area (TPSA) is 40.5 Å². The van der Waals surface area contributed by atoms with Crippen LogP contribution in [0.3, 0.4) is 0 Å². The number of aromatic hydroxyl groups is 1. The molecule has 90 valence electrons. The third-order valence-corrected chi connectivity index (χ3v) is 2.25. The Hall–Kier alpha value is -2.02. The number of rotatable bonds is 4. The van der Waals surface area contributed by atoms with Gasteiger partial charge in [-0.1, -0.05) is 12.8 Å². The second-order valence-corrected chi connectivity index (χ2v) is 3.59. The molecule has 17 heavy (non-hydrogen) atoms. The van der Waals surface area contributed by atoms with Crippen LogP contribution in [0.25, 0.3) is 0 Å². The van der Waals surface area contributed by atoms with Gasteiger partial charge in [-0.15, -0.1) is 6.42 Å². The molecule has 0 fully saturated rings. The van der Waals surface area contributed by atoms with E-state index in [0.717, 1.165) is 12.5 Å². The summed E-state index contributed by atoms with van der Waals surface area (Å²) in [6.07, 6.45) is 5.90. The summed E-state index contributed by atoms with van der Waals surface area (Å²) in [4.78, 5) is 13.4. The monoisotopic (exact) mass is 235 g/mol. The number of hydrogen-bond acceptors (Lipinski definition) is 2. The summed E-state index contributed by atoms with van der Waals surface area (Å²) in [5.41, 5.74) is -0.0773.